The first-order valence-electron chi connectivity index (χ1n) is 6.40. The second-order valence-corrected chi connectivity index (χ2v) is 5.00. The SMILES string of the molecule is COc1cc(N)c(Cl)cc1-c1nc(-c2ccc(F)cc2)n[nH]1. The summed E-state index contributed by atoms with van der Waals surface area (Å²) in [5.74, 6) is 1.15. The minimum absolute atomic E-state index is 0.313. The van der Waals surface area contributed by atoms with Gasteiger partial charge in [-0.1, -0.05) is 11.6 Å². The van der Waals surface area contributed by atoms with Crippen molar-refractivity contribution in [1.82, 2.24) is 15.2 Å². The second-order valence-electron chi connectivity index (χ2n) is 4.59. The third-order valence-electron chi connectivity index (χ3n) is 3.16. The third-order valence-corrected chi connectivity index (χ3v) is 3.49. The first-order chi connectivity index (χ1) is 10.6. The Morgan fingerprint density at radius 1 is 1.23 bits per heavy atom. The summed E-state index contributed by atoms with van der Waals surface area (Å²) in [5, 5.41) is 7.35. The minimum atomic E-state index is -0.313. The summed E-state index contributed by atoms with van der Waals surface area (Å²) in [4.78, 5) is 4.39. The molecule has 1 heterocycles. The van der Waals surface area contributed by atoms with Crippen LogP contribution in [0.2, 0.25) is 5.02 Å². The lowest BCUT2D eigenvalue weighted by Gasteiger charge is -2.08. The largest absolute Gasteiger partial charge is 0.496 e. The van der Waals surface area contributed by atoms with Gasteiger partial charge in [-0.2, -0.15) is 5.10 Å². The van der Waals surface area contributed by atoms with Crippen LogP contribution in [0.25, 0.3) is 22.8 Å². The normalized spacial score (nSPS) is 10.7. The molecule has 0 amide bonds. The molecule has 0 saturated carbocycles. The van der Waals surface area contributed by atoms with Gasteiger partial charge in [-0.05, 0) is 30.3 Å². The van der Waals surface area contributed by atoms with Gasteiger partial charge >= 0.3 is 0 Å². The van der Waals surface area contributed by atoms with Gasteiger partial charge < -0.3 is 10.5 Å². The maximum atomic E-state index is 13.0. The quantitative estimate of drug-likeness (QED) is 0.724. The van der Waals surface area contributed by atoms with Gasteiger partial charge in [0.15, 0.2) is 11.6 Å². The highest BCUT2D eigenvalue weighted by Gasteiger charge is 2.14. The number of benzene rings is 2. The van der Waals surface area contributed by atoms with E-state index in [1.165, 1.54) is 19.2 Å². The number of aromatic amines is 1. The maximum Gasteiger partial charge on any atom is 0.181 e. The highest BCUT2D eigenvalue weighted by Crippen LogP contribution is 2.35. The van der Waals surface area contributed by atoms with E-state index in [-0.39, 0.29) is 5.82 Å². The molecule has 7 heteroatoms. The molecule has 0 bridgehead atoms. The molecule has 0 fully saturated rings. The Balaban J connectivity index is 2.04. The number of ether oxygens (including phenoxy) is 1. The average Bonchev–Trinajstić information content (AvgIpc) is 3.00. The molecule has 0 aliphatic carbocycles. The molecule has 3 aromatic rings. The van der Waals surface area contributed by atoms with Crippen LogP contribution in [0.3, 0.4) is 0 Å². The molecule has 5 nitrogen and oxygen atoms in total. The molecule has 1 aromatic heterocycles. The second kappa shape index (κ2) is 5.65. The number of aromatic nitrogens is 3. The van der Waals surface area contributed by atoms with E-state index < -0.39 is 0 Å². The van der Waals surface area contributed by atoms with Crippen LogP contribution in [0.4, 0.5) is 10.1 Å². The van der Waals surface area contributed by atoms with Gasteiger partial charge in [0, 0.05) is 11.6 Å². The van der Waals surface area contributed by atoms with Crippen LogP contribution in [0.5, 0.6) is 5.75 Å². The molecule has 3 N–H and O–H groups in total. The smallest absolute Gasteiger partial charge is 0.181 e. The van der Waals surface area contributed by atoms with Gasteiger partial charge in [-0.25, -0.2) is 9.37 Å². The minimum Gasteiger partial charge on any atom is -0.496 e. The standard InChI is InChI=1S/C15H12ClFN4O/c1-22-13-7-12(18)11(16)6-10(13)15-19-14(20-21-15)8-2-4-9(17)5-3-8/h2-7H,18H2,1H3,(H,19,20,21). The summed E-state index contributed by atoms with van der Waals surface area (Å²) >= 11 is 6.05. The first-order valence-corrected chi connectivity index (χ1v) is 6.78. The predicted molar refractivity (Wildman–Crippen MR) is 83.2 cm³/mol. The molecular weight excluding hydrogens is 307 g/mol. The van der Waals surface area contributed by atoms with E-state index in [4.69, 9.17) is 22.1 Å². The molecule has 0 atom stereocenters. The topological polar surface area (TPSA) is 76.8 Å². The molecular formula is C15H12ClFN4O. The molecule has 0 unspecified atom stereocenters. The van der Waals surface area contributed by atoms with Gasteiger partial charge in [0.1, 0.15) is 11.6 Å². The average molecular weight is 319 g/mol. The molecule has 2 aromatic carbocycles. The highest BCUT2D eigenvalue weighted by molar-refractivity contribution is 6.33. The van der Waals surface area contributed by atoms with Crippen molar-refractivity contribution in [3.05, 3.63) is 47.2 Å². The Morgan fingerprint density at radius 3 is 2.64 bits per heavy atom. The van der Waals surface area contributed by atoms with Crippen LogP contribution in [0.15, 0.2) is 36.4 Å². The van der Waals surface area contributed by atoms with Crippen LogP contribution in [-0.2, 0) is 0 Å². The Bertz CT molecular complexity index is 817. The summed E-state index contributed by atoms with van der Waals surface area (Å²) in [7, 11) is 1.53. The molecule has 22 heavy (non-hydrogen) atoms. The monoisotopic (exact) mass is 318 g/mol. The Morgan fingerprint density at radius 2 is 1.95 bits per heavy atom. The maximum absolute atomic E-state index is 13.0. The van der Waals surface area contributed by atoms with Gasteiger partial charge in [-0.15, -0.1) is 0 Å². The molecule has 0 aliphatic heterocycles. The number of rotatable bonds is 3. The number of nitrogens with one attached hydrogen (secondary N) is 1. The number of nitrogens with two attached hydrogens (primary N) is 1. The van der Waals surface area contributed by atoms with E-state index in [9.17, 15) is 4.39 Å². The fourth-order valence-electron chi connectivity index (χ4n) is 2.03. The van der Waals surface area contributed by atoms with E-state index in [2.05, 4.69) is 15.2 Å². The Labute approximate surface area is 130 Å². The summed E-state index contributed by atoms with van der Waals surface area (Å²) in [6.07, 6.45) is 0. The van der Waals surface area contributed by atoms with Crippen molar-refractivity contribution in [2.45, 2.75) is 0 Å². The highest BCUT2D eigenvalue weighted by atomic mass is 35.5. The van der Waals surface area contributed by atoms with Crippen molar-refractivity contribution in [1.29, 1.82) is 0 Å². The van der Waals surface area contributed by atoms with E-state index in [1.807, 2.05) is 0 Å². The Kier molecular flexibility index (Phi) is 3.68. The molecule has 0 aliphatic rings. The van der Waals surface area contributed by atoms with Crippen molar-refractivity contribution in [3.63, 3.8) is 0 Å². The zero-order valence-electron chi connectivity index (χ0n) is 11.6. The summed E-state index contributed by atoms with van der Waals surface area (Å²) < 4.78 is 18.3. The van der Waals surface area contributed by atoms with Crippen molar-refractivity contribution >= 4 is 17.3 Å². The number of nitrogen functional groups attached to an aromatic ring is 1. The molecule has 0 spiro atoms. The third kappa shape index (κ3) is 2.60. The molecule has 0 radical (unpaired) electrons. The van der Waals surface area contributed by atoms with Crippen molar-refractivity contribution < 1.29 is 9.13 Å². The van der Waals surface area contributed by atoms with Crippen LogP contribution >= 0.6 is 11.6 Å². The Hall–Kier alpha value is -2.60. The number of hydrogen-bond acceptors (Lipinski definition) is 4. The summed E-state index contributed by atoms with van der Waals surface area (Å²) in [6, 6.07) is 9.20. The van der Waals surface area contributed by atoms with Crippen LogP contribution < -0.4 is 10.5 Å². The van der Waals surface area contributed by atoms with Gasteiger partial charge in [0.2, 0.25) is 0 Å². The lowest BCUT2D eigenvalue weighted by atomic mass is 10.1. The van der Waals surface area contributed by atoms with Crippen LogP contribution in [0, 0.1) is 5.82 Å². The number of hydrogen-bond donors (Lipinski definition) is 2. The van der Waals surface area contributed by atoms with Gasteiger partial charge in [-0.3, -0.25) is 5.10 Å². The zero-order chi connectivity index (χ0) is 15.7. The number of anilines is 1. The van der Waals surface area contributed by atoms with E-state index >= 15 is 0 Å². The molecule has 0 saturated heterocycles. The van der Waals surface area contributed by atoms with E-state index in [1.54, 1.807) is 24.3 Å². The van der Waals surface area contributed by atoms with Crippen molar-refractivity contribution in [3.8, 4) is 28.5 Å². The lowest BCUT2D eigenvalue weighted by Crippen LogP contribution is -1.94. The van der Waals surface area contributed by atoms with Crippen LogP contribution in [0.1, 0.15) is 0 Å². The number of nitrogens with zero attached hydrogens (tertiary/aromatic N) is 2. The number of methoxy groups -OCH3 is 1. The summed E-state index contributed by atoms with van der Waals surface area (Å²) in [5.41, 5.74) is 7.52. The molecule has 3 rings (SSSR count). The number of halogens is 2. The van der Waals surface area contributed by atoms with Gasteiger partial charge in [0.25, 0.3) is 0 Å². The van der Waals surface area contributed by atoms with Crippen molar-refractivity contribution in [2.75, 3.05) is 12.8 Å². The van der Waals surface area contributed by atoms with Crippen molar-refractivity contribution in [2.24, 2.45) is 0 Å². The molecule has 112 valence electrons. The van der Waals surface area contributed by atoms with Crippen LogP contribution in [-0.4, -0.2) is 22.3 Å². The predicted octanol–water partition coefficient (Wildman–Crippen LogP) is 3.52. The fraction of sp³-hybridized carbons (Fsp3) is 0.0667. The number of H-pyrrole nitrogens is 1. The lowest BCUT2D eigenvalue weighted by molar-refractivity contribution is 0.416. The first kappa shape index (κ1) is 14.3. The fourth-order valence-corrected chi connectivity index (χ4v) is 2.20. The van der Waals surface area contributed by atoms with E-state index in [0.29, 0.717) is 39.2 Å². The van der Waals surface area contributed by atoms with Gasteiger partial charge in [0.05, 0.1) is 23.4 Å². The van der Waals surface area contributed by atoms with E-state index in [0.717, 1.165) is 0 Å². The zero-order valence-corrected chi connectivity index (χ0v) is 12.4. The summed E-state index contributed by atoms with van der Waals surface area (Å²) in [6.45, 7) is 0.